The zero-order chi connectivity index (χ0) is 8.67. The van der Waals surface area contributed by atoms with E-state index in [1.165, 1.54) is 5.56 Å². The molecule has 1 aromatic rings. The Balaban J connectivity index is 1.97. The van der Waals surface area contributed by atoms with Gasteiger partial charge in [-0.25, -0.2) is 0 Å². The predicted octanol–water partition coefficient (Wildman–Crippen LogP) is 1.98. The van der Waals surface area contributed by atoms with Gasteiger partial charge in [-0.05, 0) is 24.5 Å². The van der Waals surface area contributed by atoms with E-state index in [0.29, 0.717) is 5.92 Å². The lowest BCUT2D eigenvalue weighted by atomic mass is 9.94. The van der Waals surface area contributed by atoms with E-state index in [1.807, 2.05) is 12.1 Å². The van der Waals surface area contributed by atoms with Gasteiger partial charge in [-0.1, -0.05) is 18.2 Å². The average molecular weight is 176 g/mol. The highest BCUT2D eigenvalue weighted by atomic mass is 16.7. The quantitative estimate of drug-likeness (QED) is 0.601. The number of fused-ring (bicyclic) bond motifs is 2. The molecule has 0 radical (unpaired) electrons. The number of hydrogen-bond donors (Lipinski definition) is 0. The summed E-state index contributed by atoms with van der Waals surface area (Å²) in [7, 11) is 0. The fourth-order valence-corrected chi connectivity index (χ4v) is 2.13. The Morgan fingerprint density at radius 1 is 1.23 bits per heavy atom. The van der Waals surface area contributed by atoms with E-state index in [1.54, 1.807) is 0 Å². The van der Waals surface area contributed by atoms with Crippen LogP contribution < -0.4 is 4.74 Å². The molecule has 2 aliphatic rings. The summed E-state index contributed by atoms with van der Waals surface area (Å²) in [5, 5.41) is 0. The summed E-state index contributed by atoms with van der Waals surface area (Å²) in [5.41, 5.74) is 1.33. The molecule has 1 aromatic carbocycles. The Labute approximate surface area is 77.5 Å². The van der Waals surface area contributed by atoms with Crippen LogP contribution in [0.1, 0.15) is 12.0 Å². The lowest BCUT2D eigenvalue weighted by Gasteiger charge is -2.27. The molecule has 0 aromatic heterocycles. The highest BCUT2D eigenvalue weighted by Gasteiger charge is 2.34. The number of rotatable bonds is 0. The standard InChI is InChI=1S/C11H12O2/c1-2-4-10-8(3-1)7-9-5-6-12-11(9)13-10/h1-4,9,11H,5-7H2. The molecule has 2 aliphatic heterocycles. The fraction of sp³-hybridized carbons (Fsp3) is 0.455. The van der Waals surface area contributed by atoms with Gasteiger partial charge in [0.15, 0.2) is 0 Å². The third-order valence-corrected chi connectivity index (χ3v) is 2.85. The second kappa shape index (κ2) is 2.74. The predicted molar refractivity (Wildman–Crippen MR) is 48.6 cm³/mol. The van der Waals surface area contributed by atoms with Crippen molar-refractivity contribution >= 4 is 0 Å². The van der Waals surface area contributed by atoms with Crippen molar-refractivity contribution in [3.63, 3.8) is 0 Å². The summed E-state index contributed by atoms with van der Waals surface area (Å²) in [6, 6.07) is 8.24. The molecule has 2 atom stereocenters. The van der Waals surface area contributed by atoms with E-state index in [0.717, 1.165) is 25.2 Å². The van der Waals surface area contributed by atoms with Crippen LogP contribution in [0.25, 0.3) is 0 Å². The van der Waals surface area contributed by atoms with Gasteiger partial charge in [-0.2, -0.15) is 0 Å². The van der Waals surface area contributed by atoms with Gasteiger partial charge in [0.25, 0.3) is 0 Å². The summed E-state index contributed by atoms with van der Waals surface area (Å²) < 4.78 is 11.2. The van der Waals surface area contributed by atoms with E-state index in [4.69, 9.17) is 9.47 Å². The van der Waals surface area contributed by atoms with Crippen LogP contribution in [0.3, 0.4) is 0 Å². The van der Waals surface area contributed by atoms with E-state index in [9.17, 15) is 0 Å². The van der Waals surface area contributed by atoms with Crippen LogP contribution in [0.15, 0.2) is 24.3 Å². The normalized spacial score (nSPS) is 30.5. The molecular formula is C11H12O2. The van der Waals surface area contributed by atoms with Gasteiger partial charge in [0.2, 0.25) is 6.29 Å². The van der Waals surface area contributed by atoms with Crippen LogP contribution in [0.5, 0.6) is 5.75 Å². The third kappa shape index (κ3) is 1.13. The van der Waals surface area contributed by atoms with E-state index >= 15 is 0 Å². The summed E-state index contributed by atoms with van der Waals surface area (Å²) in [6.07, 6.45) is 2.27. The zero-order valence-corrected chi connectivity index (χ0v) is 7.40. The van der Waals surface area contributed by atoms with Gasteiger partial charge in [-0.3, -0.25) is 0 Å². The first kappa shape index (κ1) is 7.39. The molecule has 1 fully saturated rings. The van der Waals surface area contributed by atoms with Crippen molar-refractivity contribution in [2.75, 3.05) is 6.61 Å². The monoisotopic (exact) mass is 176 g/mol. The molecule has 3 rings (SSSR count). The molecule has 2 heterocycles. The van der Waals surface area contributed by atoms with Crippen LogP contribution in [0, 0.1) is 5.92 Å². The molecule has 0 amide bonds. The molecule has 0 N–H and O–H groups in total. The first-order valence-corrected chi connectivity index (χ1v) is 4.79. The maximum absolute atomic E-state index is 5.73. The molecule has 0 saturated carbocycles. The molecule has 2 nitrogen and oxygen atoms in total. The van der Waals surface area contributed by atoms with Crippen molar-refractivity contribution in [1.82, 2.24) is 0 Å². The number of hydrogen-bond acceptors (Lipinski definition) is 2. The minimum atomic E-state index is 0.0231. The number of benzene rings is 1. The first-order chi connectivity index (χ1) is 6.43. The molecule has 1 saturated heterocycles. The minimum absolute atomic E-state index is 0.0231. The van der Waals surface area contributed by atoms with Crippen molar-refractivity contribution in [1.29, 1.82) is 0 Å². The molecule has 2 heteroatoms. The molecule has 2 unspecified atom stereocenters. The number of ether oxygens (including phenoxy) is 2. The van der Waals surface area contributed by atoms with Gasteiger partial charge < -0.3 is 9.47 Å². The van der Waals surface area contributed by atoms with Gasteiger partial charge >= 0.3 is 0 Å². The zero-order valence-electron chi connectivity index (χ0n) is 7.40. The van der Waals surface area contributed by atoms with E-state index in [-0.39, 0.29) is 6.29 Å². The largest absolute Gasteiger partial charge is 0.464 e. The average Bonchev–Trinajstić information content (AvgIpc) is 2.61. The summed E-state index contributed by atoms with van der Waals surface area (Å²) in [4.78, 5) is 0. The Kier molecular flexibility index (Phi) is 1.56. The molecule has 0 spiro atoms. The lowest BCUT2D eigenvalue weighted by Crippen LogP contribution is -2.29. The van der Waals surface area contributed by atoms with Gasteiger partial charge in [-0.15, -0.1) is 0 Å². The molecule has 0 aliphatic carbocycles. The van der Waals surface area contributed by atoms with Crippen LogP contribution in [-0.4, -0.2) is 12.9 Å². The van der Waals surface area contributed by atoms with Crippen molar-refractivity contribution in [2.45, 2.75) is 19.1 Å². The second-order valence-corrected chi connectivity index (χ2v) is 3.72. The van der Waals surface area contributed by atoms with Crippen molar-refractivity contribution in [3.05, 3.63) is 29.8 Å². The minimum Gasteiger partial charge on any atom is -0.464 e. The van der Waals surface area contributed by atoms with E-state index in [2.05, 4.69) is 12.1 Å². The number of para-hydroxylation sites is 1. The molecule has 13 heavy (non-hydrogen) atoms. The summed E-state index contributed by atoms with van der Waals surface area (Å²) >= 11 is 0. The Bertz CT molecular complexity index is 291. The Morgan fingerprint density at radius 2 is 2.15 bits per heavy atom. The van der Waals surface area contributed by atoms with Crippen LogP contribution in [-0.2, 0) is 11.2 Å². The summed E-state index contributed by atoms with van der Waals surface area (Å²) in [6.45, 7) is 0.851. The topological polar surface area (TPSA) is 18.5 Å². The first-order valence-electron chi connectivity index (χ1n) is 4.79. The lowest BCUT2D eigenvalue weighted by molar-refractivity contribution is -0.0698. The maximum atomic E-state index is 5.73. The molecular weight excluding hydrogens is 164 g/mol. The van der Waals surface area contributed by atoms with Crippen LogP contribution in [0.4, 0.5) is 0 Å². The third-order valence-electron chi connectivity index (χ3n) is 2.85. The van der Waals surface area contributed by atoms with Crippen LogP contribution in [0.2, 0.25) is 0 Å². The highest BCUT2D eigenvalue weighted by molar-refractivity contribution is 5.35. The molecule has 68 valence electrons. The van der Waals surface area contributed by atoms with Gasteiger partial charge in [0.1, 0.15) is 5.75 Å². The van der Waals surface area contributed by atoms with Gasteiger partial charge in [0, 0.05) is 5.92 Å². The van der Waals surface area contributed by atoms with Gasteiger partial charge in [0.05, 0.1) is 6.61 Å². The second-order valence-electron chi connectivity index (χ2n) is 3.72. The highest BCUT2D eigenvalue weighted by Crippen LogP contribution is 2.35. The smallest absolute Gasteiger partial charge is 0.203 e. The Hall–Kier alpha value is -1.02. The van der Waals surface area contributed by atoms with Crippen molar-refractivity contribution in [2.24, 2.45) is 5.92 Å². The Morgan fingerprint density at radius 3 is 3.15 bits per heavy atom. The maximum Gasteiger partial charge on any atom is 0.203 e. The molecule has 0 bridgehead atoms. The summed E-state index contributed by atoms with van der Waals surface area (Å²) in [5.74, 6) is 1.58. The fourth-order valence-electron chi connectivity index (χ4n) is 2.13. The van der Waals surface area contributed by atoms with Crippen molar-refractivity contribution < 1.29 is 9.47 Å². The van der Waals surface area contributed by atoms with E-state index < -0.39 is 0 Å². The van der Waals surface area contributed by atoms with Crippen molar-refractivity contribution in [3.8, 4) is 5.75 Å². The SMILES string of the molecule is c1ccc2c(c1)CC1CCOC1O2. The van der Waals surface area contributed by atoms with Crippen LogP contribution >= 0.6 is 0 Å².